The van der Waals surface area contributed by atoms with Crippen molar-refractivity contribution in [3.63, 3.8) is 0 Å². The third-order valence-corrected chi connectivity index (χ3v) is 2.73. The predicted octanol–water partition coefficient (Wildman–Crippen LogP) is 2.56. The number of hydrogen-bond donors (Lipinski definition) is 2. The van der Waals surface area contributed by atoms with E-state index in [0.29, 0.717) is 6.61 Å². The minimum absolute atomic E-state index is 0.344. The second-order valence-corrected chi connectivity index (χ2v) is 4.11. The van der Waals surface area contributed by atoms with Crippen molar-refractivity contribution in [3.8, 4) is 0 Å². The van der Waals surface area contributed by atoms with Gasteiger partial charge in [0.05, 0.1) is 0 Å². The molecule has 0 amide bonds. The first-order chi connectivity index (χ1) is 6.79. The Labute approximate surface area is 89.1 Å². The van der Waals surface area contributed by atoms with Gasteiger partial charge in [-0.15, -0.1) is 0 Å². The smallest absolute Gasteiger partial charge is 0.0430 e. The van der Waals surface area contributed by atoms with Crippen molar-refractivity contribution in [2.75, 3.05) is 13.7 Å². The molecule has 0 saturated heterocycles. The van der Waals surface area contributed by atoms with Crippen LogP contribution in [-0.4, -0.2) is 24.8 Å². The van der Waals surface area contributed by atoms with Gasteiger partial charge >= 0.3 is 0 Å². The quantitative estimate of drug-likeness (QED) is 0.692. The molecule has 2 heteroatoms. The summed E-state index contributed by atoms with van der Waals surface area (Å²) in [6.45, 7) is 4.66. The van der Waals surface area contributed by atoms with Crippen molar-refractivity contribution in [2.45, 2.75) is 58.4 Å². The Morgan fingerprint density at radius 3 is 2.14 bits per heavy atom. The van der Waals surface area contributed by atoms with Gasteiger partial charge in [-0.05, 0) is 32.2 Å². The van der Waals surface area contributed by atoms with E-state index in [4.69, 9.17) is 5.11 Å². The molecule has 0 radical (unpaired) electrons. The molecule has 2 unspecified atom stereocenters. The van der Waals surface area contributed by atoms with Crippen molar-refractivity contribution < 1.29 is 5.11 Å². The van der Waals surface area contributed by atoms with Crippen LogP contribution in [-0.2, 0) is 0 Å². The van der Waals surface area contributed by atoms with Crippen LogP contribution in [0.3, 0.4) is 0 Å². The number of rotatable bonds is 6. The minimum atomic E-state index is 0.344. The van der Waals surface area contributed by atoms with Crippen LogP contribution in [0.5, 0.6) is 0 Å². The van der Waals surface area contributed by atoms with Gasteiger partial charge < -0.3 is 10.4 Å². The van der Waals surface area contributed by atoms with E-state index in [2.05, 4.69) is 26.2 Å². The third-order valence-electron chi connectivity index (χ3n) is 2.73. The van der Waals surface area contributed by atoms with Crippen molar-refractivity contribution >= 4 is 0 Å². The molecular weight excluding hydrogens is 174 g/mol. The Morgan fingerprint density at radius 2 is 1.86 bits per heavy atom. The van der Waals surface area contributed by atoms with Crippen LogP contribution >= 0.6 is 0 Å². The van der Waals surface area contributed by atoms with E-state index in [-0.39, 0.29) is 0 Å². The summed E-state index contributed by atoms with van der Waals surface area (Å²) in [7, 11) is 2.07. The van der Waals surface area contributed by atoms with E-state index in [9.17, 15) is 0 Å². The highest BCUT2D eigenvalue weighted by Gasteiger charge is 2.34. The van der Waals surface area contributed by atoms with Gasteiger partial charge in [0.25, 0.3) is 0 Å². The Bertz CT molecular complexity index is 115. The molecule has 1 aliphatic rings. The van der Waals surface area contributed by atoms with Gasteiger partial charge in [0.15, 0.2) is 0 Å². The van der Waals surface area contributed by atoms with E-state index in [0.717, 1.165) is 24.8 Å². The molecule has 0 aliphatic heterocycles. The van der Waals surface area contributed by atoms with Crippen molar-refractivity contribution in [1.82, 2.24) is 5.32 Å². The maximum absolute atomic E-state index is 8.07. The summed E-state index contributed by atoms with van der Waals surface area (Å²) >= 11 is 0. The van der Waals surface area contributed by atoms with Crippen molar-refractivity contribution in [3.05, 3.63) is 0 Å². The molecule has 0 heterocycles. The van der Waals surface area contributed by atoms with E-state index < -0.39 is 0 Å². The summed E-state index contributed by atoms with van der Waals surface area (Å²) in [5, 5.41) is 11.4. The first kappa shape index (κ1) is 13.9. The van der Waals surface area contributed by atoms with Gasteiger partial charge in [0.1, 0.15) is 0 Å². The second kappa shape index (κ2) is 9.47. The lowest BCUT2D eigenvalue weighted by atomic mass is 10.2. The summed E-state index contributed by atoms with van der Waals surface area (Å²) in [6.07, 6.45) is 7.69. The van der Waals surface area contributed by atoms with Crippen LogP contribution in [0.15, 0.2) is 0 Å². The summed E-state index contributed by atoms with van der Waals surface area (Å²) in [4.78, 5) is 0. The van der Waals surface area contributed by atoms with E-state index in [1.165, 1.54) is 25.7 Å². The number of hydrogen-bond acceptors (Lipinski definition) is 2. The molecule has 2 nitrogen and oxygen atoms in total. The van der Waals surface area contributed by atoms with E-state index >= 15 is 0 Å². The number of aliphatic hydroxyl groups excluding tert-OH is 1. The fourth-order valence-corrected chi connectivity index (χ4v) is 1.54. The molecule has 1 fully saturated rings. The standard InChI is InChI=1S/C8H17N.C4H10O/c1-3-4-5-7-6-8(7)9-2;1-2-3-4-5/h7-9H,3-6H2,1-2H3;5H,2-4H2,1H3. The second-order valence-electron chi connectivity index (χ2n) is 4.11. The summed E-state index contributed by atoms with van der Waals surface area (Å²) in [5.41, 5.74) is 0. The fraction of sp³-hybridized carbons (Fsp3) is 1.00. The Balaban J connectivity index is 0.000000292. The largest absolute Gasteiger partial charge is 0.396 e. The number of aliphatic hydroxyl groups is 1. The molecule has 86 valence electrons. The van der Waals surface area contributed by atoms with Crippen LogP contribution in [0.1, 0.15) is 52.4 Å². The average molecular weight is 201 g/mol. The summed E-state index contributed by atoms with van der Waals surface area (Å²) in [5.74, 6) is 1.02. The SMILES string of the molecule is CCCCC1CC1NC.CCCCO. The Kier molecular flexibility index (Phi) is 9.42. The zero-order valence-corrected chi connectivity index (χ0v) is 10.1. The van der Waals surface area contributed by atoms with Crippen LogP contribution in [0.25, 0.3) is 0 Å². The lowest BCUT2D eigenvalue weighted by Gasteiger charge is -1.94. The predicted molar refractivity (Wildman–Crippen MR) is 62.5 cm³/mol. The first-order valence-electron chi connectivity index (χ1n) is 6.08. The molecule has 1 aliphatic carbocycles. The molecule has 2 N–H and O–H groups in total. The maximum atomic E-state index is 8.07. The molecule has 0 spiro atoms. The first-order valence-corrected chi connectivity index (χ1v) is 6.08. The van der Waals surface area contributed by atoms with Crippen LogP contribution in [0.2, 0.25) is 0 Å². The number of unbranched alkanes of at least 4 members (excludes halogenated alkanes) is 2. The topological polar surface area (TPSA) is 32.3 Å². The van der Waals surface area contributed by atoms with Gasteiger partial charge in [0.2, 0.25) is 0 Å². The monoisotopic (exact) mass is 201 g/mol. The van der Waals surface area contributed by atoms with Crippen molar-refractivity contribution in [2.24, 2.45) is 5.92 Å². The Hall–Kier alpha value is -0.0800. The van der Waals surface area contributed by atoms with Gasteiger partial charge in [-0.3, -0.25) is 0 Å². The lowest BCUT2D eigenvalue weighted by Crippen LogP contribution is -2.10. The fourth-order valence-electron chi connectivity index (χ4n) is 1.54. The van der Waals surface area contributed by atoms with Crippen LogP contribution in [0.4, 0.5) is 0 Å². The van der Waals surface area contributed by atoms with Crippen molar-refractivity contribution in [1.29, 1.82) is 0 Å². The van der Waals surface area contributed by atoms with Gasteiger partial charge in [-0.1, -0.05) is 33.1 Å². The molecular formula is C12H27NO. The number of nitrogens with one attached hydrogen (secondary N) is 1. The summed E-state index contributed by atoms with van der Waals surface area (Å²) in [6, 6.07) is 0.872. The zero-order valence-electron chi connectivity index (χ0n) is 10.1. The molecule has 0 aromatic rings. The van der Waals surface area contributed by atoms with Gasteiger partial charge in [-0.25, -0.2) is 0 Å². The molecule has 0 aromatic carbocycles. The van der Waals surface area contributed by atoms with Crippen LogP contribution < -0.4 is 5.32 Å². The zero-order chi connectivity index (χ0) is 10.8. The lowest BCUT2D eigenvalue weighted by molar-refractivity contribution is 0.287. The summed E-state index contributed by atoms with van der Waals surface area (Å²) < 4.78 is 0. The third kappa shape index (κ3) is 7.34. The highest BCUT2D eigenvalue weighted by Crippen LogP contribution is 2.34. The normalized spacial score (nSPS) is 24.0. The van der Waals surface area contributed by atoms with Gasteiger partial charge in [0, 0.05) is 12.6 Å². The minimum Gasteiger partial charge on any atom is -0.396 e. The molecule has 14 heavy (non-hydrogen) atoms. The average Bonchev–Trinajstić information content (AvgIpc) is 2.95. The molecule has 0 aromatic heterocycles. The maximum Gasteiger partial charge on any atom is 0.0430 e. The highest BCUT2D eigenvalue weighted by molar-refractivity contribution is 4.91. The highest BCUT2D eigenvalue weighted by atomic mass is 16.2. The molecule has 0 bridgehead atoms. The van der Waals surface area contributed by atoms with E-state index in [1.54, 1.807) is 0 Å². The Morgan fingerprint density at radius 1 is 1.21 bits per heavy atom. The molecule has 1 saturated carbocycles. The van der Waals surface area contributed by atoms with E-state index in [1.807, 2.05) is 0 Å². The molecule has 2 atom stereocenters. The van der Waals surface area contributed by atoms with Gasteiger partial charge in [-0.2, -0.15) is 0 Å². The molecule has 1 rings (SSSR count). The van der Waals surface area contributed by atoms with Crippen LogP contribution in [0, 0.1) is 5.92 Å².